The Kier molecular flexibility index (Phi) is 3.46. The van der Waals surface area contributed by atoms with Gasteiger partial charge in [-0.25, -0.2) is 8.78 Å². The third-order valence-corrected chi connectivity index (χ3v) is 2.46. The second-order valence-electron chi connectivity index (χ2n) is 2.44. The lowest BCUT2D eigenvalue weighted by molar-refractivity contribution is 0.111. The standard InChI is InChI=1S/C9H8F2O2S/c1-13-6-3-7(14-2)9(11)5(4-12)8(6)10/h3-4H,1-2H3. The summed E-state index contributed by atoms with van der Waals surface area (Å²) >= 11 is 1.08. The summed E-state index contributed by atoms with van der Waals surface area (Å²) in [5.41, 5.74) is -0.589. The fraction of sp³-hybridized carbons (Fsp3) is 0.222. The van der Waals surface area contributed by atoms with Gasteiger partial charge >= 0.3 is 0 Å². The first-order chi connectivity index (χ1) is 6.65. The van der Waals surface area contributed by atoms with E-state index >= 15 is 0 Å². The molecular formula is C9H8F2O2S. The second-order valence-corrected chi connectivity index (χ2v) is 3.29. The molecule has 1 aromatic rings. The van der Waals surface area contributed by atoms with Gasteiger partial charge in [0.2, 0.25) is 0 Å². The van der Waals surface area contributed by atoms with Gasteiger partial charge in [-0.2, -0.15) is 0 Å². The highest BCUT2D eigenvalue weighted by molar-refractivity contribution is 7.98. The average Bonchev–Trinajstić information content (AvgIpc) is 2.19. The highest BCUT2D eigenvalue weighted by Gasteiger charge is 2.17. The van der Waals surface area contributed by atoms with E-state index < -0.39 is 17.2 Å². The van der Waals surface area contributed by atoms with Gasteiger partial charge in [-0.15, -0.1) is 11.8 Å². The van der Waals surface area contributed by atoms with Crippen LogP contribution < -0.4 is 4.74 Å². The number of benzene rings is 1. The third-order valence-electron chi connectivity index (χ3n) is 1.73. The van der Waals surface area contributed by atoms with Crippen LogP contribution in [0.2, 0.25) is 0 Å². The van der Waals surface area contributed by atoms with E-state index in [1.54, 1.807) is 6.26 Å². The molecule has 0 aliphatic heterocycles. The minimum absolute atomic E-state index is 0.127. The van der Waals surface area contributed by atoms with E-state index in [1.807, 2.05) is 0 Å². The number of carbonyl (C=O) groups excluding carboxylic acids is 1. The van der Waals surface area contributed by atoms with Crippen LogP contribution in [-0.2, 0) is 0 Å². The van der Waals surface area contributed by atoms with Crippen LogP contribution in [0.1, 0.15) is 10.4 Å². The van der Waals surface area contributed by atoms with Crippen LogP contribution in [-0.4, -0.2) is 19.7 Å². The van der Waals surface area contributed by atoms with Crippen molar-refractivity contribution < 1.29 is 18.3 Å². The lowest BCUT2D eigenvalue weighted by Gasteiger charge is -2.07. The Morgan fingerprint density at radius 2 is 2.07 bits per heavy atom. The Morgan fingerprint density at radius 3 is 2.50 bits per heavy atom. The maximum atomic E-state index is 13.3. The largest absolute Gasteiger partial charge is 0.494 e. The summed E-state index contributed by atoms with van der Waals surface area (Å²) < 4.78 is 31.2. The number of methoxy groups -OCH3 is 1. The molecule has 0 amide bonds. The van der Waals surface area contributed by atoms with E-state index in [0.29, 0.717) is 0 Å². The average molecular weight is 218 g/mol. The normalized spacial score (nSPS) is 10.0. The van der Waals surface area contributed by atoms with Gasteiger partial charge in [0, 0.05) is 4.90 Å². The highest BCUT2D eigenvalue weighted by atomic mass is 32.2. The van der Waals surface area contributed by atoms with Crippen LogP contribution in [0.5, 0.6) is 5.75 Å². The first-order valence-corrected chi connectivity index (χ1v) is 4.93. The predicted octanol–water partition coefficient (Wildman–Crippen LogP) is 2.51. The molecule has 0 radical (unpaired) electrons. The van der Waals surface area contributed by atoms with Gasteiger partial charge in [-0.3, -0.25) is 4.79 Å². The summed E-state index contributed by atoms with van der Waals surface area (Å²) in [5.74, 6) is -1.93. The van der Waals surface area contributed by atoms with Crippen LogP contribution in [0.4, 0.5) is 8.78 Å². The summed E-state index contributed by atoms with van der Waals surface area (Å²) in [7, 11) is 1.26. The minimum atomic E-state index is -0.960. The number of hydrogen-bond acceptors (Lipinski definition) is 3. The van der Waals surface area contributed by atoms with Crippen molar-refractivity contribution in [3.8, 4) is 5.75 Å². The Morgan fingerprint density at radius 1 is 1.43 bits per heavy atom. The molecule has 0 spiro atoms. The van der Waals surface area contributed by atoms with Crippen LogP contribution in [0.15, 0.2) is 11.0 Å². The maximum absolute atomic E-state index is 13.3. The molecule has 5 heteroatoms. The van der Waals surface area contributed by atoms with Crippen molar-refractivity contribution >= 4 is 18.0 Å². The Labute approximate surface area is 84.3 Å². The molecule has 0 heterocycles. The van der Waals surface area contributed by atoms with Gasteiger partial charge in [0.15, 0.2) is 17.9 Å². The van der Waals surface area contributed by atoms with E-state index in [4.69, 9.17) is 0 Å². The molecule has 0 atom stereocenters. The van der Waals surface area contributed by atoms with Crippen LogP contribution in [0, 0.1) is 11.6 Å². The van der Waals surface area contributed by atoms with E-state index in [1.165, 1.54) is 13.2 Å². The van der Waals surface area contributed by atoms with Crippen molar-refractivity contribution in [3.05, 3.63) is 23.3 Å². The van der Waals surface area contributed by atoms with Crippen molar-refractivity contribution in [2.75, 3.05) is 13.4 Å². The number of hydrogen-bond donors (Lipinski definition) is 0. The van der Waals surface area contributed by atoms with Crippen molar-refractivity contribution in [2.24, 2.45) is 0 Å². The summed E-state index contributed by atoms with van der Waals surface area (Å²) in [6.07, 6.45) is 1.78. The predicted molar refractivity (Wildman–Crippen MR) is 50.1 cm³/mol. The first kappa shape index (κ1) is 11.0. The summed E-state index contributed by atoms with van der Waals surface area (Å²) in [6, 6.07) is 1.22. The maximum Gasteiger partial charge on any atom is 0.178 e. The molecule has 0 bridgehead atoms. The zero-order valence-electron chi connectivity index (χ0n) is 7.64. The lowest BCUT2D eigenvalue weighted by atomic mass is 10.2. The zero-order valence-corrected chi connectivity index (χ0v) is 8.45. The Hall–Kier alpha value is -1.10. The number of ether oxygens (including phenoxy) is 1. The SMILES string of the molecule is COc1cc(SC)c(F)c(C=O)c1F. The Bertz CT molecular complexity index is 338. The summed E-state index contributed by atoms with van der Waals surface area (Å²) in [6.45, 7) is 0. The summed E-state index contributed by atoms with van der Waals surface area (Å²) in [4.78, 5) is 10.6. The van der Waals surface area contributed by atoms with Crippen molar-refractivity contribution in [1.82, 2.24) is 0 Å². The molecule has 1 aromatic carbocycles. The second kappa shape index (κ2) is 4.41. The van der Waals surface area contributed by atoms with E-state index in [-0.39, 0.29) is 16.9 Å². The number of halogens is 2. The zero-order chi connectivity index (χ0) is 10.7. The van der Waals surface area contributed by atoms with Gasteiger partial charge < -0.3 is 4.74 Å². The van der Waals surface area contributed by atoms with Crippen LogP contribution in [0.25, 0.3) is 0 Å². The molecule has 2 nitrogen and oxygen atoms in total. The van der Waals surface area contributed by atoms with Crippen molar-refractivity contribution in [1.29, 1.82) is 0 Å². The van der Waals surface area contributed by atoms with Crippen molar-refractivity contribution in [2.45, 2.75) is 4.90 Å². The molecule has 1 rings (SSSR count). The van der Waals surface area contributed by atoms with Gasteiger partial charge in [-0.05, 0) is 12.3 Å². The van der Waals surface area contributed by atoms with Crippen molar-refractivity contribution in [3.63, 3.8) is 0 Å². The molecule has 0 aliphatic rings. The third kappa shape index (κ3) is 1.72. The van der Waals surface area contributed by atoms with Crippen LogP contribution in [0.3, 0.4) is 0 Å². The van der Waals surface area contributed by atoms with E-state index in [0.717, 1.165) is 11.8 Å². The fourth-order valence-electron chi connectivity index (χ4n) is 1.01. The Balaban J connectivity index is 3.46. The monoisotopic (exact) mass is 218 g/mol. The molecule has 14 heavy (non-hydrogen) atoms. The molecule has 0 saturated heterocycles. The highest BCUT2D eigenvalue weighted by Crippen LogP contribution is 2.30. The number of aldehydes is 1. The number of carbonyl (C=O) groups is 1. The topological polar surface area (TPSA) is 26.3 Å². The molecular weight excluding hydrogens is 210 g/mol. The summed E-state index contributed by atoms with van der Waals surface area (Å²) in [5, 5.41) is 0. The molecule has 0 N–H and O–H groups in total. The molecule has 0 saturated carbocycles. The van der Waals surface area contributed by atoms with Gasteiger partial charge in [-0.1, -0.05) is 0 Å². The lowest BCUT2D eigenvalue weighted by Crippen LogP contribution is -1.99. The molecule has 0 aliphatic carbocycles. The van der Waals surface area contributed by atoms with Gasteiger partial charge in [0.25, 0.3) is 0 Å². The molecule has 0 unspecified atom stereocenters. The number of rotatable bonds is 3. The van der Waals surface area contributed by atoms with Crippen LogP contribution >= 0.6 is 11.8 Å². The first-order valence-electron chi connectivity index (χ1n) is 3.70. The molecule has 0 aromatic heterocycles. The fourth-order valence-corrected chi connectivity index (χ4v) is 1.52. The number of thioether (sulfide) groups is 1. The minimum Gasteiger partial charge on any atom is -0.494 e. The molecule has 76 valence electrons. The smallest absolute Gasteiger partial charge is 0.178 e. The molecule has 0 fully saturated rings. The quantitative estimate of drug-likeness (QED) is 0.576. The van der Waals surface area contributed by atoms with Gasteiger partial charge in [0.1, 0.15) is 5.82 Å². The van der Waals surface area contributed by atoms with E-state index in [9.17, 15) is 13.6 Å². The van der Waals surface area contributed by atoms with Gasteiger partial charge in [0.05, 0.1) is 12.7 Å². The van der Waals surface area contributed by atoms with E-state index in [2.05, 4.69) is 4.74 Å².